The molecule has 0 bridgehead atoms. The summed E-state index contributed by atoms with van der Waals surface area (Å²) in [6.07, 6.45) is 1.20. The van der Waals surface area contributed by atoms with E-state index in [1.807, 2.05) is 0 Å². The van der Waals surface area contributed by atoms with Crippen LogP contribution in [-0.4, -0.2) is 27.0 Å². The lowest BCUT2D eigenvalue weighted by atomic mass is 10.2. The second-order valence-corrected chi connectivity index (χ2v) is 7.13. The lowest BCUT2D eigenvalue weighted by Gasteiger charge is -2.15. The highest BCUT2D eigenvalue weighted by Gasteiger charge is 2.20. The number of carbonyl (C=O) groups is 1. The third-order valence-corrected chi connectivity index (χ3v) is 5.28. The number of nitrogens with one attached hydrogen (secondary N) is 1. The Balaban J connectivity index is 2.27. The number of rotatable bonds is 5. The third kappa shape index (κ3) is 4.27. The molecule has 0 radical (unpaired) electrons. The van der Waals surface area contributed by atoms with Gasteiger partial charge in [-0.15, -0.1) is 0 Å². The number of anilines is 1. The highest BCUT2D eigenvalue weighted by molar-refractivity contribution is 7.80. The molecule has 1 aromatic heterocycles. The van der Waals surface area contributed by atoms with Gasteiger partial charge in [-0.3, -0.25) is 13.8 Å². The fraction of sp³-hybridized carbons (Fsp3) is 0.267. The number of amides is 1. The van der Waals surface area contributed by atoms with E-state index in [1.165, 1.54) is 20.2 Å². The molecular formula is C15H15Cl2N3O4S. The number of aromatic nitrogens is 2. The van der Waals surface area contributed by atoms with Crippen LogP contribution in [0.4, 0.5) is 5.69 Å². The Morgan fingerprint density at radius 2 is 2.08 bits per heavy atom. The number of hydrogen-bond donors (Lipinski definition) is 1. The molecule has 7 nitrogen and oxygen atoms in total. The van der Waals surface area contributed by atoms with Crippen molar-refractivity contribution in [3.8, 4) is 0 Å². The molecule has 2 atom stereocenters. The Kier molecular flexibility index (Phi) is 6.34. The summed E-state index contributed by atoms with van der Waals surface area (Å²) < 4.78 is 17.6. The van der Waals surface area contributed by atoms with Crippen molar-refractivity contribution in [1.82, 2.24) is 9.78 Å². The van der Waals surface area contributed by atoms with Gasteiger partial charge in [-0.2, -0.15) is 5.10 Å². The standard InChI is InChI=1S/C15H15Cl2N3O4S/c1-8-4-5-10(6-12(8)25(23)24-3)19-14(21)9(2)20-15(22)13(17)11(16)7-18-20/h4-7,9H,1-3H3,(H,19,21). The van der Waals surface area contributed by atoms with Crippen LogP contribution in [0.15, 0.2) is 34.1 Å². The van der Waals surface area contributed by atoms with Gasteiger partial charge in [-0.1, -0.05) is 29.3 Å². The smallest absolute Gasteiger partial charge is 0.287 e. The van der Waals surface area contributed by atoms with Gasteiger partial charge in [0, 0.05) is 5.69 Å². The van der Waals surface area contributed by atoms with Crippen molar-refractivity contribution in [3.05, 3.63) is 50.4 Å². The van der Waals surface area contributed by atoms with Gasteiger partial charge in [0.1, 0.15) is 11.1 Å². The van der Waals surface area contributed by atoms with Crippen molar-refractivity contribution in [2.75, 3.05) is 12.4 Å². The first-order valence-electron chi connectivity index (χ1n) is 7.06. The van der Waals surface area contributed by atoms with E-state index in [2.05, 4.69) is 10.4 Å². The first-order valence-corrected chi connectivity index (χ1v) is 8.90. The Hall–Kier alpha value is -1.74. The molecule has 0 spiro atoms. The monoisotopic (exact) mass is 403 g/mol. The SMILES string of the molecule is COS(=O)c1cc(NC(=O)C(C)n2ncc(Cl)c(Cl)c2=O)ccc1C. The zero-order valence-electron chi connectivity index (χ0n) is 13.6. The van der Waals surface area contributed by atoms with E-state index in [9.17, 15) is 13.8 Å². The molecule has 25 heavy (non-hydrogen) atoms. The number of nitrogens with zero attached hydrogens (tertiary/aromatic N) is 2. The lowest BCUT2D eigenvalue weighted by molar-refractivity contribution is -0.119. The predicted octanol–water partition coefficient (Wildman–Crippen LogP) is 2.73. The second-order valence-electron chi connectivity index (χ2n) is 5.10. The molecule has 0 aliphatic rings. The fourth-order valence-electron chi connectivity index (χ4n) is 2.01. The first kappa shape index (κ1) is 19.6. The maximum Gasteiger partial charge on any atom is 0.287 e. The summed E-state index contributed by atoms with van der Waals surface area (Å²) in [5.41, 5.74) is 0.506. The van der Waals surface area contributed by atoms with Crippen LogP contribution in [0.1, 0.15) is 18.5 Å². The minimum Gasteiger partial charge on any atom is -0.324 e. The van der Waals surface area contributed by atoms with E-state index in [0.717, 1.165) is 10.2 Å². The fourth-order valence-corrected chi connectivity index (χ4v) is 3.00. The van der Waals surface area contributed by atoms with Gasteiger partial charge in [0.15, 0.2) is 11.1 Å². The summed E-state index contributed by atoms with van der Waals surface area (Å²) in [6.45, 7) is 3.27. The van der Waals surface area contributed by atoms with Crippen LogP contribution in [0.25, 0.3) is 0 Å². The van der Waals surface area contributed by atoms with E-state index >= 15 is 0 Å². The van der Waals surface area contributed by atoms with Crippen molar-refractivity contribution >= 4 is 45.9 Å². The van der Waals surface area contributed by atoms with Gasteiger partial charge < -0.3 is 5.32 Å². The quantitative estimate of drug-likeness (QED) is 0.828. The molecule has 2 unspecified atom stereocenters. The average Bonchev–Trinajstić information content (AvgIpc) is 2.60. The van der Waals surface area contributed by atoms with Gasteiger partial charge in [0.2, 0.25) is 5.91 Å². The summed E-state index contributed by atoms with van der Waals surface area (Å²) in [6, 6.07) is 3.97. The van der Waals surface area contributed by atoms with E-state index in [-0.39, 0.29) is 10.0 Å². The molecule has 0 saturated carbocycles. The Labute approximate surface area is 156 Å². The van der Waals surface area contributed by atoms with Crippen LogP contribution >= 0.6 is 23.2 Å². The van der Waals surface area contributed by atoms with Gasteiger partial charge in [-0.25, -0.2) is 8.89 Å². The maximum absolute atomic E-state index is 12.4. The zero-order chi connectivity index (χ0) is 18.7. The topological polar surface area (TPSA) is 90.3 Å². The molecule has 2 rings (SSSR count). The van der Waals surface area contributed by atoms with Gasteiger partial charge in [-0.05, 0) is 31.5 Å². The van der Waals surface area contributed by atoms with Crippen LogP contribution in [-0.2, 0) is 20.1 Å². The summed E-state index contributed by atoms with van der Waals surface area (Å²) in [5, 5.41) is 6.29. The minimum atomic E-state index is -1.63. The molecule has 1 N–H and O–H groups in total. The van der Waals surface area contributed by atoms with Crippen molar-refractivity contribution in [2.45, 2.75) is 24.8 Å². The number of hydrogen-bond acceptors (Lipinski definition) is 5. The Morgan fingerprint density at radius 3 is 2.72 bits per heavy atom. The maximum atomic E-state index is 12.4. The lowest BCUT2D eigenvalue weighted by Crippen LogP contribution is -2.33. The van der Waals surface area contributed by atoms with Crippen LogP contribution in [0.5, 0.6) is 0 Å². The largest absolute Gasteiger partial charge is 0.324 e. The zero-order valence-corrected chi connectivity index (χ0v) is 15.9. The Bertz CT molecular complexity index is 901. The number of benzene rings is 1. The number of halogens is 2. The van der Waals surface area contributed by atoms with Crippen molar-refractivity contribution in [3.63, 3.8) is 0 Å². The molecular weight excluding hydrogens is 389 g/mol. The molecule has 134 valence electrons. The summed E-state index contributed by atoms with van der Waals surface area (Å²) in [5.74, 6) is -0.494. The summed E-state index contributed by atoms with van der Waals surface area (Å²) in [4.78, 5) is 24.9. The average molecular weight is 404 g/mol. The van der Waals surface area contributed by atoms with Crippen LogP contribution in [0.3, 0.4) is 0 Å². The molecule has 0 fully saturated rings. The normalized spacial score (nSPS) is 13.3. The first-order chi connectivity index (χ1) is 11.8. The Morgan fingerprint density at radius 1 is 1.40 bits per heavy atom. The number of carbonyl (C=O) groups excluding carboxylic acids is 1. The van der Waals surface area contributed by atoms with Gasteiger partial charge in [0.05, 0.1) is 23.2 Å². The molecule has 1 amide bonds. The van der Waals surface area contributed by atoms with E-state index in [1.54, 1.807) is 25.1 Å². The van der Waals surface area contributed by atoms with E-state index in [4.69, 9.17) is 27.4 Å². The van der Waals surface area contributed by atoms with Gasteiger partial charge >= 0.3 is 0 Å². The second kappa shape index (κ2) is 8.09. The van der Waals surface area contributed by atoms with E-state index in [0.29, 0.717) is 10.6 Å². The van der Waals surface area contributed by atoms with Crippen molar-refractivity contribution in [1.29, 1.82) is 0 Å². The predicted molar refractivity (Wildman–Crippen MR) is 96.5 cm³/mol. The molecule has 0 aliphatic heterocycles. The molecule has 0 aliphatic carbocycles. The molecule has 1 aromatic carbocycles. The third-order valence-electron chi connectivity index (χ3n) is 3.43. The molecule has 2 aromatic rings. The van der Waals surface area contributed by atoms with Crippen LogP contribution < -0.4 is 10.9 Å². The van der Waals surface area contributed by atoms with Crippen molar-refractivity contribution < 1.29 is 13.2 Å². The van der Waals surface area contributed by atoms with Gasteiger partial charge in [0.25, 0.3) is 5.56 Å². The molecule has 0 saturated heterocycles. The molecule has 1 heterocycles. The minimum absolute atomic E-state index is 0.0146. The van der Waals surface area contributed by atoms with E-state index < -0.39 is 28.6 Å². The summed E-state index contributed by atoms with van der Waals surface area (Å²) in [7, 11) is 1.32. The highest BCUT2D eigenvalue weighted by atomic mass is 35.5. The van der Waals surface area contributed by atoms with Crippen LogP contribution in [0, 0.1) is 6.92 Å². The van der Waals surface area contributed by atoms with Crippen LogP contribution in [0.2, 0.25) is 10.0 Å². The highest BCUT2D eigenvalue weighted by Crippen LogP contribution is 2.21. The van der Waals surface area contributed by atoms with Crippen molar-refractivity contribution in [2.24, 2.45) is 0 Å². The molecule has 10 heteroatoms. The summed E-state index contributed by atoms with van der Waals surface area (Å²) >= 11 is 9.89. The number of aryl methyl sites for hydroxylation is 1.